The molecule has 0 atom stereocenters. The standard InChI is InChI=1S/C16H13ClFN3O3/c1-8-6-10(9(2)23-8)15-20-21-16(24-15)19-14(22)7-11-12(17)4-3-5-13(11)18/h3-6H,7H2,1-2H3,(H,19,21,22). The second kappa shape index (κ2) is 6.45. The topological polar surface area (TPSA) is 81.2 Å². The summed E-state index contributed by atoms with van der Waals surface area (Å²) in [7, 11) is 0. The minimum Gasteiger partial charge on any atom is -0.466 e. The maximum Gasteiger partial charge on any atom is 0.322 e. The fraction of sp³-hybridized carbons (Fsp3) is 0.188. The lowest BCUT2D eigenvalue weighted by Crippen LogP contribution is -2.15. The monoisotopic (exact) mass is 349 g/mol. The Morgan fingerprint density at radius 1 is 1.29 bits per heavy atom. The highest BCUT2D eigenvalue weighted by molar-refractivity contribution is 6.31. The quantitative estimate of drug-likeness (QED) is 0.772. The molecule has 8 heteroatoms. The van der Waals surface area contributed by atoms with Crippen LogP contribution in [0, 0.1) is 19.7 Å². The zero-order valence-electron chi connectivity index (χ0n) is 12.9. The number of halogens is 2. The molecule has 2 aromatic heterocycles. The molecule has 3 aromatic rings. The number of aromatic nitrogens is 2. The number of hydrogen-bond acceptors (Lipinski definition) is 5. The predicted octanol–water partition coefficient (Wildman–Crippen LogP) is 3.92. The summed E-state index contributed by atoms with van der Waals surface area (Å²) in [6.07, 6.45) is -0.243. The van der Waals surface area contributed by atoms with Gasteiger partial charge in [-0.1, -0.05) is 22.8 Å². The van der Waals surface area contributed by atoms with Crippen molar-refractivity contribution in [1.82, 2.24) is 10.2 Å². The second-order valence-electron chi connectivity index (χ2n) is 5.16. The van der Waals surface area contributed by atoms with Gasteiger partial charge in [-0.3, -0.25) is 10.1 Å². The van der Waals surface area contributed by atoms with Gasteiger partial charge in [-0.2, -0.15) is 0 Å². The van der Waals surface area contributed by atoms with E-state index in [1.54, 1.807) is 19.9 Å². The molecular weight excluding hydrogens is 337 g/mol. The smallest absolute Gasteiger partial charge is 0.322 e. The summed E-state index contributed by atoms with van der Waals surface area (Å²) in [6.45, 7) is 3.57. The summed E-state index contributed by atoms with van der Waals surface area (Å²) in [5, 5.41) is 10.2. The van der Waals surface area contributed by atoms with Crippen LogP contribution in [0.2, 0.25) is 5.02 Å². The zero-order valence-corrected chi connectivity index (χ0v) is 13.6. The number of carbonyl (C=O) groups excluding carboxylic acids is 1. The van der Waals surface area contributed by atoms with E-state index in [-0.39, 0.29) is 28.9 Å². The molecule has 0 unspecified atom stereocenters. The van der Waals surface area contributed by atoms with E-state index in [9.17, 15) is 9.18 Å². The zero-order chi connectivity index (χ0) is 17.3. The second-order valence-corrected chi connectivity index (χ2v) is 5.57. The van der Waals surface area contributed by atoms with Gasteiger partial charge in [0.15, 0.2) is 0 Å². The number of furan rings is 1. The number of nitrogens with zero attached hydrogens (tertiary/aromatic N) is 2. The lowest BCUT2D eigenvalue weighted by atomic mass is 10.1. The molecule has 24 heavy (non-hydrogen) atoms. The van der Waals surface area contributed by atoms with E-state index in [0.717, 1.165) is 0 Å². The Bertz CT molecular complexity index is 884. The number of rotatable bonds is 4. The molecule has 2 heterocycles. The van der Waals surface area contributed by atoms with Gasteiger partial charge >= 0.3 is 6.01 Å². The van der Waals surface area contributed by atoms with Gasteiger partial charge < -0.3 is 8.83 Å². The molecule has 124 valence electrons. The molecule has 0 aliphatic heterocycles. The average Bonchev–Trinajstić information content (AvgIpc) is 3.09. The van der Waals surface area contributed by atoms with E-state index in [1.165, 1.54) is 18.2 Å². The van der Waals surface area contributed by atoms with Gasteiger partial charge in [0, 0.05) is 10.6 Å². The van der Waals surface area contributed by atoms with Crippen LogP contribution in [0.15, 0.2) is 33.1 Å². The number of aryl methyl sites for hydroxylation is 2. The molecule has 0 fully saturated rings. The molecule has 0 bridgehead atoms. The molecule has 0 aliphatic rings. The third-order valence-corrected chi connectivity index (χ3v) is 3.70. The van der Waals surface area contributed by atoms with Crippen molar-refractivity contribution in [2.75, 3.05) is 5.32 Å². The lowest BCUT2D eigenvalue weighted by Gasteiger charge is -2.04. The molecule has 1 N–H and O–H groups in total. The van der Waals surface area contributed by atoms with Gasteiger partial charge in [-0.25, -0.2) is 4.39 Å². The van der Waals surface area contributed by atoms with E-state index in [0.29, 0.717) is 17.1 Å². The number of anilines is 1. The maximum absolute atomic E-state index is 13.7. The molecule has 6 nitrogen and oxygen atoms in total. The van der Waals surface area contributed by atoms with Crippen LogP contribution in [0.25, 0.3) is 11.5 Å². The molecule has 1 amide bonds. The normalized spacial score (nSPS) is 10.8. The minimum absolute atomic E-state index is 0.0827. The van der Waals surface area contributed by atoms with Gasteiger partial charge in [0.25, 0.3) is 5.89 Å². The Kier molecular flexibility index (Phi) is 4.35. The Labute approximate surface area is 141 Å². The predicted molar refractivity (Wildman–Crippen MR) is 85.2 cm³/mol. The fourth-order valence-electron chi connectivity index (χ4n) is 2.25. The first-order valence-electron chi connectivity index (χ1n) is 7.07. The Hall–Kier alpha value is -2.67. The van der Waals surface area contributed by atoms with Gasteiger partial charge in [-0.05, 0) is 32.0 Å². The third kappa shape index (κ3) is 3.30. The number of benzene rings is 1. The summed E-state index contributed by atoms with van der Waals surface area (Å²) in [5.41, 5.74) is 0.760. The highest BCUT2D eigenvalue weighted by atomic mass is 35.5. The van der Waals surface area contributed by atoms with E-state index < -0.39 is 11.7 Å². The molecule has 1 aromatic carbocycles. The lowest BCUT2D eigenvalue weighted by molar-refractivity contribution is -0.115. The van der Waals surface area contributed by atoms with Crippen LogP contribution in [-0.2, 0) is 11.2 Å². The highest BCUT2D eigenvalue weighted by Crippen LogP contribution is 2.26. The largest absolute Gasteiger partial charge is 0.466 e. The first-order chi connectivity index (χ1) is 11.4. The molecule has 0 aliphatic carbocycles. The van der Waals surface area contributed by atoms with Crippen LogP contribution in [0.1, 0.15) is 17.1 Å². The SMILES string of the molecule is Cc1cc(-c2nnc(NC(=O)Cc3c(F)cccc3Cl)o2)c(C)o1. The first kappa shape index (κ1) is 16.2. The van der Waals surface area contributed by atoms with E-state index in [2.05, 4.69) is 15.5 Å². The van der Waals surface area contributed by atoms with Crippen LogP contribution < -0.4 is 5.32 Å². The number of nitrogens with one attached hydrogen (secondary N) is 1. The van der Waals surface area contributed by atoms with Crippen molar-refractivity contribution in [1.29, 1.82) is 0 Å². The van der Waals surface area contributed by atoms with Crippen molar-refractivity contribution in [2.24, 2.45) is 0 Å². The first-order valence-corrected chi connectivity index (χ1v) is 7.45. The van der Waals surface area contributed by atoms with Crippen molar-refractivity contribution < 1.29 is 18.0 Å². The van der Waals surface area contributed by atoms with Gasteiger partial charge in [0.05, 0.1) is 12.0 Å². The van der Waals surface area contributed by atoms with E-state index in [4.69, 9.17) is 20.4 Å². The van der Waals surface area contributed by atoms with Crippen molar-refractivity contribution in [3.05, 3.63) is 52.2 Å². The van der Waals surface area contributed by atoms with E-state index >= 15 is 0 Å². The highest BCUT2D eigenvalue weighted by Gasteiger charge is 2.17. The van der Waals surface area contributed by atoms with Crippen molar-refractivity contribution >= 4 is 23.5 Å². The average molecular weight is 350 g/mol. The Morgan fingerprint density at radius 3 is 2.75 bits per heavy atom. The van der Waals surface area contributed by atoms with Gasteiger partial charge in [0.1, 0.15) is 17.3 Å². The molecule has 0 radical (unpaired) electrons. The van der Waals surface area contributed by atoms with Crippen molar-refractivity contribution in [3.63, 3.8) is 0 Å². The van der Waals surface area contributed by atoms with Crippen LogP contribution in [0.5, 0.6) is 0 Å². The molecule has 0 saturated heterocycles. The fourth-order valence-corrected chi connectivity index (χ4v) is 2.48. The minimum atomic E-state index is -0.548. The van der Waals surface area contributed by atoms with Crippen LogP contribution in [0.3, 0.4) is 0 Å². The van der Waals surface area contributed by atoms with Gasteiger partial charge in [-0.15, -0.1) is 5.10 Å². The number of amides is 1. The van der Waals surface area contributed by atoms with Crippen LogP contribution in [0.4, 0.5) is 10.4 Å². The van der Waals surface area contributed by atoms with Crippen molar-refractivity contribution in [2.45, 2.75) is 20.3 Å². The van der Waals surface area contributed by atoms with Crippen LogP contribution in [-0.4, -0.2) is 16.1 Å². The Balaban J connectivity index is 1.73. The summed E-state index contributed by atoms with van der Waals surface area (Å²) >= 11 is 5.90. The maximum atomic E-state index is 13.7. The molecular formula is C16H13ClFN3O3. The summed E-state index contributed by atoms with van der Waals surface area (Å²) < 4.78 is 24.5. The summed E-state index contributed by atoms with van der Waals surface area (Å²) in [5.74, 6) is 0.502. The molecule has 0 spiro atoms. The number of hydrogen-bond donors (Lipinski definition) is 1. The van der Waals surface area contributed by atoms with E-state index in [1.807, 2.05) is 0 Å². The van der Waals surface area contributed by atoms with Crippen molar-refractivity contribution in [3.8, 4) is 11.5 Å². The third-order valence-electron chi connectivity index (χ3n) is 3.34. The van der Waals surface area contributed by atoms with Gasteiger partial charge in [0.2, 0.25) is 5.91 Å². The summed E-state index contributed by atoms with van der Waals surface area (Å²) in [4.78, 5) is 12.0. The number of carbonyl (C=O) groups is 1. The summed E-state index contributed by atoms with van der Waals surface area (Å²) in [6, 6.07) is 5.90. The van der Waals surface area contributed by atoms with Crippen LogP contribution >= 0.6 is 11.6 Å². The Morgan fingerprint density at radius 2 is 2.08 bits per heavy atom. The molecule has 0 saturated carbocycles. The molecule has 3 rings (SSSR count).